The van der Waals surface area contributed by atoms with Gasteiger partial charge in [-0.05, 0) is 49.6 Å². The second kappa shape index (κ2) is 8.49. The number of aromatic nitrogens is 3. The molecule has 0 spiro atoms. The zero-order valence-electron chi connectivity index (χ0n) is 16.4. The van der Waals surface area contributed by atoms with Gasteiger partial charge in [0.25, 0.3) is 5.89 Å². The Morgan fingerprint density at radius 2 is 2.17 bits per heavy atom. The number of nitrogens with zero attached hydrogens (tertiary/aromatic N) is 4. The van der Waals surface area contributed by atoms with Crippen LogP contribution in [-0.2, 0) is 16.4 Å². The van der Waals surface area contributed by atoms with Crippen molar-refractivity contribution in [3.8, 4) is 17.3 Å². The van der Waals surface area contributed by atoms with Crippen molar-refractivity contribution in [2.24, 2.45) is 0 Å². The van der Waals surface area contributed by atoms with E-state index < -0.39 is 15.8 Å². The molecule has 0 amide bonds. The number of methoxy groups -OCH3 is 1. The first-order valence-corrected chi connectivity index (χ1v) is 11.0. The van der Waals surface area contributed by atoms with Crippen molar-refractivity contribution < 1.29 is 22.1 Å². The molecule has 0 saturated carbocycles. The molecule has 1 saturated heterocycles. The van der Waals surface area contributed by atoms with Gasteiger partial charge in [0.15, 0.2) is 5.82 Å². The Morgan fingerprint density at radius 3 is 2.93 bits per heavy atom. The summed E-state index contributed by atoms with van der Waals surface area (Å²) < 4.78 is 52.0. The Labute approximate surface area is 173 Å². The lowest BCUT2D eigenvalue weighted by atomic mass is 10.1. The number of pyridine rings is 1. The molecule has 1 unspecified atom stereocenters. The van der Waals surface area contributed by atoms with Gasteiger partial charge in [-0.1, -0.05) is 11.2 Å². The molecule has 3 aromatic rings. The third-order valence-electron chi connectivity index (χ3n) is 5.09. The summed E-state index contributed by atoms with van der Waals surface area (Å²) in [7, 11) is -2.54. The van der Waals surface area contributed by atoms with Crippen LogP contribution < -0.4 is 4.74 Å². The quantitative estimate of drug-likeness (QED) is 0.566. The number of hydrogen-bond acceptors (Lipinski definition) is 7. The van der Waals surface area contributed by atoms with Crippen LogP contribution in [0.25, 0.3) is 11.6 Å². The van der Waals surface area contributed by atoms with Gasteiger partial charge in [-0.3, -0.25) is 4.98 Å². The summed E-state index contributed by atoms with van der Waals surface area (Å²) in [6.45, 7) is 0.373. The summed E-state index contributed by atoms with van der Waals surface area (Å²) in [5.74, 6) is 0.313. The zero-order chi connectivity index (χ0) is 21.1. The molecule has 158 valence electrons. The van der Waals surface area contributed by atoms with Gasteiger partial charge in [-0.25, -0.2) is 12.8 Å². The van der Waals surface area contributed by atoms with E-state index in [1.54, 1.807) is 18.3 Å². The molecular weight excluding hydrogens is 411 g/mol. The van der Waals surface area contributed by atoms with E-state index in [0.29, 0.717) is 43.2 Å². The Bertz CT molecular complexity index is 1120. The van der Waals surface area contributed by atoms with Gasteiger partial charge in [-0.15, -0.1) is 0 Å². The molecule has 3 heterocycles. The van der Waals surface area contributed by atoms with Gasteiger partial charge < -0.3 is 9.26 Å². The van der Waals surface area contributed by atoms with Crippen LogP contribution in [0.1, 0.15) is 25.1 Å². The highest BCUT2D eigenvalue weighted by molar-refractivity contribution is 7.89. The van der Waals surface area contributed by atoms with Crippen molar-refractivity contribution in [2.45, 2.75) is 36.6 Å². The predicted octanol–water partition coefficient (Wildman–Crippen LogP) is 3.07. The second-order valence-electron chi connectivity index (χ2n) is 6.98. The average molecular weight is 432 g/mol. The minimum atomic E-state index is -3.90. The van der Waals surface area contributed by atoms with Crippen LogP contribution in [0, 0.1) is 5.82 Å². The van der Waals surface area contributed by atoms with Gasteiger partial charge in [0.2, 0.25) is 10.0 Å². The maximum Gasteiger partial charge on any atom is 0.276 e. The van der Waals surface area contributed by atoms with Crippen LogP contribution in [0.5, 0.6) is 5.75 Å². The monoisotopic (exact) mass is 432 g/mol. The predicted molar refractivity (Wildman–Crippen MR) is 106 cm³/mol. The standard InChI is InChI=1S/C20H21FN4O4S/c1-28-17-9-7-14(21)13-18(17)30(26,27)25-12-4-5-15(25)8-10-19-23-20(29-24-19)16-6-2-3-11-22-16/h2-3,6-7,9,11,13,15H,4-5,8,10,12H2,1H3. The van der Waals surface area contributed by atoms with Crippen LogP contribution in [0.15, 0.2) is 52.0 Å². The fourth-order valence-corrected chi connectivity index (χ4v) is 5.53. The number of benzene rings is 1. The van der Waals surface area contributed by atoms with E-state index in [1.807, 2.05) is 6.07 Å². The number of aryl methyl sites for hydroxylation is 1. The molecule has 2 aromatic heterocycles. The fourth-order valence-electron chi connectivity index (χ4n) is 3.64. The molecule has 8 nitrogen and oxygen atoms in total. The molecule has 0 bridgehead atoms. The van der Waals surface area contributed by atoms with E-state index in [1.165, 1.54) is 23.5 Å². The zero-order valence-corrected chi connectivity index (χ0v) is 17.2. The van der Waals surface area contributed by atoms with E-state index in [4.69, 9.17) is 9.26 Å². The number of hydrogen-bond donors (Lipinski definition) is 0. The van der Waals surface area contributed by atoms with E-state index >= 15 is 0 Å². The minimum Gasteiger partial charge on any atom is -0.495 e. The topological polar surface area (TPSA) is 98.4 Å². The first kappa shape index (κ1) is 20.4. The van der Waals surface area contributed by atoms with Crippen LogP contribution >= 0.6 is 0 Å². The number of sulfonamides is 1. The number of halogens is 1. The van der Waals surface area contributed by atoms with Crippen LogP contribution in [0.2, 0.25) is 0 Å². The largest absolute Gasteiger partial charge is 0.495 e. The van der Waals surface area contributed by atoms with Crippen molar-refractivity contribution in [3.63, 3.8) is 0 Å². The van der Waals surface area contributed by atoms with Crippen LogP contribution in [0.3, 0.4) is 0 Å². The number of ether oxygens (including phenoxy) is 1. The lowest BCUT2D eigenvalue weighted by molar-refractivity contribution is 0.358. The maximum atomic E-state index is 13.7. The van der Waals surface area contributed by atoms with Gasteiger partial charge in [0.05, 0.1) is 7.11 Å². The third kappa shape index (κ3) is 4.05. The van der Waals surface area contributed by atoms with Gasteiger partial charge >= 0.3 is 0 Å². The molecule has 10 heteroatoms. The average Bonchev–Trinajstić information content (AvgIpc) is 3.43. The lowest BCUT2D eigenvalue weighted by Gasteiger charge is -2.24. The third-order valence-corrected chi connectivity index (χ3v) is 7.06. The molecule has 1 fully saturated rings. The molecule has 0 aliphatic carbocycles. The van der Waals surface area contributed by atoms with Gasteiger partial charge in [0.1, 0.15) is 22.2 Å². The maximum absolute atomic E-state index is 13.7. The Balaban J connectivity index is 1.49. The molecule has 1 aliphatic rings. The van der Waals surface area contributed by atoms with E-state index in [0.717, 1.165) is 12.5 Å². The molecule has 30 heavy (non-hydrogen) atoms. The molecule has 1 aliphatic heterocycles. The summed E-state index contributed by atoms with van der Waals surface area (Å²) in [4.78, 5) is 8.36. The van der Waals surface area contributed by atoms with Crippen LogP contribution in [-0.4, -0.2) is 47.5 Å². The summed E-state index contributed by atoms with van der Waals surface area (Å²) >= 11 is 0. The van der Waals surface area contributed by atoms with Crippen molar-refractivity contribution >= 4 is 10.0 Å². The molecule has 1 aromatic carbocycles. The molecule has 0 radical (unpaired) electrons. The summed E-state index contributed by atoms with van der Waals surface area (Å²) in [6.07, 6.45) is 4.06. The Kier molecular flexibility index (Phi) is 5.78. The lowest BCUT2D eigenvalue weighted by Crippen LogP contribution is -2.36. The van der Waals surface area contributed by atoms with E-state index in [9.17, 15) is 12.8 Å². The highest BCUT2D eigenvalue weighted by Gasteiger charge is 2.37. The van der Waals surface area contributed by atoms with E-state index in [-0.39, 0.29) is 16.7 Å². The van der Waals surface area contributed by atoms with Crippen molar-refractivity contribution in [1.29, 1.82) is 0 Å². The Hall–Kier alpha value is -2.85. The van der Waals surface area contributed by atoms with Crippen molar-refractivity contribution in [3.05, 3.63) is 54.2 Å². The minimum absolute atomic E-state index is 0.125. The first-order valence-electron chi connectivity index (χ1n) is 9.58. The Morgan fingerprint density at radius 1 is 1.30 bits per heavy atom. The smallest absolute Gasteiger partial charge is 0.276 e. The molecule has 0 N–H and O–H groups in total. The van der Waals surface area contributed by atoms with Crippen molar-refractivity contribution in [1.82, 2.24) is 19.4 Å². The van der Waals surface area contributed by atoms with Gasteiger partial charge in [-0.2, -0.15) is 9.29 Å². The molecule has 1 atom stereocenters. The summed E-state index contributed by atoms with van der Waals surface area (Å²) in [5, 5.41) is 3.97. The second-order valence-corrected chi connectivity index (χ2v) is 8.84. The summed E-state index contributed by atoms with van der Waals surface area (Å²) in [5.41, 5.74) is 0.583. The molecular formula is C20H21FN4O4S. The normalized spacial score (nSPS) is 17.3. The highest BCUT2D eigenvalue weighted by atomic mass is 32.2. The van der Waals surface area contributed by atoms with Crippen LogP contribution in [0.4, 0.5) is 4.39 Å². The van der Waals surface area contributed by atoms with Gasteiger partial charge in [0, 0.05) is 25.2 Å². The SMILES string of the molecule is COc1ccc(F)cc1S(=O)(=O)N1CCCC1CCc1noc(-c2ccccn2)n1. The number of rotatable bonds is 7. The fraction of sp³-hybridized carbons (Fsp3) is 0.350. The first-order chi connectivity index (χ1) is 14.5. The highest BCUT2D eigenvalue weighted by Crippen LogP contribution is 2.33. The van der Waals surface area contributed by atoms with Crippen molar-refractivity contribution in [2.75, 3.05) is 13.7 Å². The molecule has 4 rings (SSSR count). The summed E-state index contributed by atoms with van der Waals surface area (Å²) in [6, 6.07) is 8.66. The van der Waals surface area contributed by atoms with E-state index in [2.05, 4.69) is 15.1 Å².